The van der Waals surface area contributed by atoms with Gasteiger partial charge in [0, 0.05) is 58.2 Å². The summed E-state index contributed by atoms with van der Waals surface area (Å²) in [5.74, 6) is 0.376. The lowest BCUT2D eigenvalue weighted by atomic mass is 9.83. The molecule has 1 amide bonds. The molecule has 0 aromatic heterocycles. The van der Waals surface area contributed by atoms with Crippen LogP contribution in [0.4, 0.5) is 0 Å². The molecule has 3 rings (SSSR count). The third kappa shape index (κ3) is 5.76. The van der Waals surface area contributed by atoms with E-state index < -0.39 is 0 Å². The number of aliphatic hydroxyl groups is 1. The minimum absolute atomic E-state index is 0.0348. The van der Waals surface area contributed by atoms with E-state index in [2.05, 4.69) is 9.89 Å². The predicted molar refractivity (Wildman–Crippen MR) is 114 cm³/mol. The first kappa shape index (κ1) is 21.2. The molecule has 2 aliphatic rings. The molecule has 1 fully saturated rings. The van der Waals surface area contributed by atoms with Crippen molar-refractivity contribution >= 4 is 17.9 Å². The maximum absolute atomic E-state index is 12.5. The number of aliphatic imine (C=N–C) groups is 1. The molecule has 1 heterocycles. The number of allylic oxidation sites excluding steroid dienone is 2. The van der Waals surface area contributed by atoms with Crippen LogP contribution >= 0.6 is 0 Å². The van der Waals surface area contributed by atoms with Gasteiger partial charge < -0.3 is 10.0 Å². The number of Topliss-reactive ketones (excluding diaryl/α,β-unsaturated/α-hetero) is 1. The second kappa shape index (κ2) is 10.3. The van der Waals surface area contributed by atoms with Gasteiger partial charge in [-0.05, 0) is 17.9 Å². The molecule has 1 aliphatic heterocycles. The van der Waals surface area contributed by atoms with Crippen LogP contribution in [0.3, 0.4) is 0 Å². The first-order chi connectivity index (χ1) is 14.1. The average Bonchev–Trinajstić information content (AvgIpc) is 2.74. The number of piperazine rings is 1. The van der Waals surface area contributed by atoms with Crippen molar-refractivity contribution in [3.63, 3.8) is 0 Å². The zero-order chi connectivity index (χ0) is 20.6. The number of amides is 1. The molecule has 156 valence electrons. The van der Waals surface area contributed by atoms with Gasteiger partial charge in [0.05, 0.1) is 12.1 Å². The fourth-order valence-corrected chi connectivity index (χ4v) is 3.97. The van der Waals surface area contributed by atoms with Crippen LogP contribution in [0.5, 0.6) is 0 Å². The molecule has 1 saturated heterocycles. The van der Waals surface area contributed by atoms with E-state index in [0.717, 1.165) is 44.7 Å². The summed E-state index contributed by atoms with van der Waals surface area (Å²) in [6, 6.07) is 9.86. The Balaban J connectivity index is 1.46. The number of carbonyl (C=O) groups excluding carboxylic acids is 2. The lowest BCUT2D eigenvalue weighted by Crippen LogP contribution is -2.49. The monoisotopic (exact) mass is 397 g/mol. The van der Waals surface area contributed by atoms with Crippen molar-refractivity contribution in [2.45, 2.75) is 38.5 Å². The molecule has 0 bridgehead atoms. The number of ketones is 1. The normalized spacial score (nSPS) is 21.2. The van der Waals surface area contributed by atoms with E-state index in [9.17, 15) is 14.7 Å². The van der Waals surface area contributed by atoms with E-state index in [0.29, 0.717) is 31.4 Å². The summed E-state index contributed by atoms with van der Waals surface area (Å²) in [7, 11) is 0. The lowest BCUT2D eigenvalue weighted by molar-refractivity contribution is -0.133. The SMILES string of the molecule is CCCC(=O)N1CCN(CCN=CC2=C(O)CC(c3ccccc3)CC2=O)CC1. The molecule has 0 spiro atoms. The van der Waals surface area contributed by atoms with Crippen molar-refractivity contribution in [2.75, 3.05) is 39.3 Å². The molecule has 6 nitrogen and oxygen atoms in total. The molecular weight excluding hydrogens is 366 g/mol. The van der Waals surface area contributed by atoms with Crippen LogP contribution < -0.4 is 0 Å². The Kier molecular flexibility index (Phi) is 7.58. The number of aliphatic hydroxyl groups excluding tert-OH is 1. The molecule has 1 aliphatic carbocycles. The number of rotatable bonds is 7. The maximum atomic E-state index is 12.5. The van der Waals surface area contributed by atoms with Crippen LogP contribution in [0.2, 0.25) is 0 Å². The van der Waals surface area contributed by atoms with Gasteiger partial charge in [-0.2, -0.15) is 0 Å². The summed E-state index contributed by atoms with van der Waals surface area (Å²) in [5, 5.41) is 10.4. The summed E-state index contributed by atoms with van der Waals surface area (Å²) in [5.41, 5.74) is 1.44. The van der Waals surface area contributed by atoms with E-state index in [4.69, 9.17) is 0 Å². The van der Waals surface area contributed by atoms with Gasteiger partial charge in [0.25, 0.3) is 0 Å². The first-order valence-electron chi connectivity index (χ1n) is 10.6. The van der Waals surface area contributed by atoms with Crippen LogP contribution in [-0.4, -0.2) is 72.1 Å². The van der Waals surface area contributed by atoms with E-state index in [1.54, 1.807) is 6.21 Å². The highest BCUT2D eigenvalue weighted by atomic mass is 16.3. The second-order valence-electron chi connectivity index (χ2n) is 7.81. The average molecular weight is 398 g/mol. The highest BCUT2D eigenvalue weighted by Crippen LogP contribution is 2.32. The topological polar surface area (TPSA) is 73.2 Å². The highest BCUT2D eigenvalue weighted by Gasteiger charge is 2.27. The molecular formula is C23H31N3O3. The molecule has 1 aromatic rings. The molecule has 29 heavy (non-hydrogen) atoms. The number of nitrogens with zero attached hydrogens (tertiary/aromatic N) is 3. The second-order valence-corrected chi connectivity index (χ2v) is 7.81. The van der Waals surface area contributed by atoms with E-state index >= 15 is 0 Å². The van der Waals surface area contributed by atoms with Gasteiger partial charge >= 0.3 is 0 Å². The van der Waals surface area contributed by atoms with Gasteiger partial charge in [0.2, 0.25) is 5.91 Å². The minimum atomic E-state index is -0.0468. The van der Waals surface area contributed by atoms with E-state index in [1.165, 1.54) is 0 Å². The fourth-order valence-electron chi connectivity index (χ4n) is 3.97. The van der Waals surface area contributed by atoms with Crippen molar-refractivity contribution in [1.82, 2.24) is 9.80 Å². The summed E-state index contributed by atoms with van der Waals surface area (Å²) in [6.07, 6.45) is 3.94. The number of hydrogen-bond donors (Lipinski definition) is 1. The third-order valence-corrected chi connectivity index (χ3v) is 5.71. The Morgan fingerprint density at radius 1 is 1.17 bits per heavy atom. The van der Waals surface area contributed by atoms with Gasteiger partial charge in [0.1, 0.15) is 5.76 Å². The first-order valence-corrected chi connectivity index (χ1v) is 10.6. The van der Waals surface area contributed by atoms with Gasteiger partial charge in [-0.25, -0.2) is 0 Å². The number of carbonyl (C=O) groups is 2. The highest BCUT2D eigenvalue weighted by molar-refractivity contribution is 6.14. The zero-order valence-electron chi connectivity index (χ0n) is 17.2. The standard InChI is InChI=1S/C23H31N3O3/c1-2-6-23(29)26-13-11-25(12-14-26)10-9-24-17-20-21(27)15-19(16-22(20)28)18-7-4-3-5-8-18/h3-5,7-8,17,19,27H,2,6,9-16H2,1H3. The van der Waals surface area contributed by atoms with Crippen LogP contribution in [0.25, 0.3) is 0 Å². The summed E-state index contributed by atoms with van der Waals surface area (Å²) in [6.45, 7) is 6.66. The Hall–Kier alpha value is -2.47. The zero-order valence-corrected chi connectivity index (χ0v) is 17.2. The predicted octanol–water partition coefficient (Wildman–Crippen LogP) is 2.96. The van der Waals surface area contributed by atoms with Crippen molar-refractivity contribution in [1.29, 1.82) is 0 Å². The van der Waals surface area contributed by atoms with Crippen LogP contribution in [-0.2, 0) is 9.59 Å². The number of hydrogen-bond acceptors (Lipinski definition) is 5. The van der Waals surface area contributed by atoms with E-state index in [1.807, 2.05) is 42.2 Å². The third-order valence-electron chi connectivity index (χ3n) is 5.71. The number of benzene rings is 1. The molecule has 0 saturated carbocycles. The Morgan fingerprint density at radius 3 is 2.55 bits per heavy atom. The quantitative estimate of drug-likeness (QED) is 0.718. The Morgan fingerprint density at radius 2 is 1.90 bits per heavy atom. The van der Waals surface area contributed by atoms with Gasteiger partial charge in [-0.15, -0.1) is 0 Å². The molecule has 1 aromatic carbocycles. The molecule has 6 heteroatoms. The summed E-state index contributed by atoms with van der Waals surface area (Å²) >= 11 is 0. The van der Waals surface area contributed by atoms with Crippen molar-refractivity contribution in [3.8, 4) is 0 Å². The molecule has 0 radical (unpaired) electrons. The van der Waals surface area contributed by atoms with Crippen molar-refractivity contribution in [2.24, 2.45) is 4.99 Å². The van der Waals surface area contributed by atoms with Crippen molar-refractivity contribution in [3.05, 3.63) is 47.2 Å². The molecule has 1 atom stereocenters. The van der Waals surface area contributed by atoms with E-state index in [-0.39, 0.29) is 23.4 Å². The summed E-state index contributed by atoms with van der Waals surface area (Å²) in [4.78, 5) is 33.0. The fraction of sp³-hybridized carbons (Fsp3) is 0.522. The van der Waals surface area contributed by atoms with Crippen LogP contribution in [0.15, 0.2) is 46.7 Å². The molecule has 1 N–H and O–H groups in total. The van der Waals surface area contributed by atoms with Crippen LogP contribution in [0.1, 0.15) is 44.1 Å². The Bertz CT molecular complexity index is 765. The maximum Gasteiger partial charge on any atom is 0.222 e. The lowest BCUT2D eigenvalue weighted by Gasteiger charge is -2.34. The smallest absolute Gasteiger partial charge is 0.222 e. The van der Waals surface area contributed by atoms with Gasteiger partial charge in [0.15, 0.2) is 5.78 Å². The largest absolute Gasteiger partial charge is 0.511 e. The van der Waals surface area contributed by atoms with Gasteiger partial charge in [-0.3, -0.25) is 19.5 Å². The van der Waals surface area contributed by atoms with Gasteiger partial charge in [-0.1, -0.05) is 37.3 Å². The Labute approximate surface area is 172 Å². The minimum Gasteiger partial charge on any atom is -0.511 e. The summed E-state index contributed by atoms with van der Waals surface area (Å²) < 4.78 is 0. The van der Waals surface area contributed by atoms with Crippen molar-refractivity contribution < 1.29 is 14.7 Å². The molecule has 1 unspecified atom stereocenters. The van der Waals surface area contributed by atoms with Crippen LogP contribution in [0, 0.1) is 0 Å².